The molecule has 0 bridgehead atoms. The minimum Gasteiger partial charge on any atom is -0.357 e. The summed E-state index contributed by atoms with van der Waals surface area (Å²) in [6.07, 6.45) is 2.84. The third-order valence-electron chi connectivity index (χ3n) is 5.25. The molecule has 2 aliphatic rings. The van der Waals surface area contributed by atoms with Gasteiger partial charge >= 0.3 is 0 Å². The van der Waals surface area contributed by atoms with Crippen LogP contribution in [0, 0.1) is 5.82 Å². The van der Waals surface area contributed by atoms with Crippen LogP contribution in [0.3, 0.4) is 0 Å². The van der Waals surface area contributed by atoms with Gasteiger partial charge < -0.3 is 10.2 Å². The number of rotatable bonds is 4. The van der Waals surface area contributed by atoms with E-state index in [2.05, 4.69) is 20.2 Å². The van der Waals surface area contributed by atoms with Gasteiger partial charge in [-0.2, -0.15) is 0 Å². The lowest BCUT2D eigenvalue weighted by Gasteiger charge is -2.30. The molecule has 0 atom stereocenters. The fourth-order valence-electron chi connectivity index (χ4n) is 3.86. The van der Waals surface area contributed by atoms with E-state index in [9.17, 15) is 9.18 Å². The molecular formula is C20H24FN5O. The Labute approximate surface area is 158 Å². The zero-order valence-electron chi connectivity index (χ0n) is 15.5. The Bertz CT molecular complexity index is 850. The highest BCUT2D eigenvalue weighted by molar-refractivity contribution is 5.94. The Morgan fingerprint density at radius 3 is 2.78 bits per heavy atom. The lowest BCUT2D eigenvalue weighted by molar-refractivity contribution is 0.0783. The molecule has 1 amide bonds. The van der Waals surface area contributed by atoms with E-state index in [1.54, 1.807) is 19.2 Å². The number of carbonyl (C=O) groups is 1. The van der Waals surface area contributed by atoms with E-state index in [1.807, 2.05) is 11.0 Å². The summed E-state index contributed by atoms with van der Waals surface area (Å²) in [4.78, 5) is 26.2. The predicted octanol–water partition coefficient (Wildman–Crippen LogP) is 2.45. The minimum absolute atomic E-state index is 0.00439. The molecule has 1 aromatic heterocycles. The van der Waals surface area contributed by atoms with Gasteiger partial charge in [0.05, 0.1) is 5.69 Å². The molecule has 7 heteroatoms. The van der Waals surface area contributed by atoms with Crippen molar-refractivity contribution in [2.75, 3.05) is 32.0 Å². The standard InChI is InChI=1S/C20H24FN5O/c1-22-20-23-17-7-10-25(12-14-5-4-6-15(21)11-14)13-16(17)18(24-20)19(27)26-8-2-3-9-26/h4-6,11H,2-3,7-10,12-13H2,1H3,(H,22,23,24). The quantitative estimate of drug-likeness (QED) is 0.897. The second-order valence-electron chi connectivity index (χ2n) is 7.16. The number of carbonyl (C=O) groups excluding carboxylic acids is 1. The third kappa shape index (κ3) is 3.78. The van der Waals surface area contributed by atoms with Gasteiger partial charge in [0.2, 0.25) is 5.95 Å². The molecule has 0 spiro atoms. The van der Waals surface area contributed by atoms with Gasteiger partial charge in [0.15, 0.2) is 0 Å². The Hall–Kier alpha value is -2.54. The lowest BCUT2D eigenvalue weighted by atomic mass is 10.0. The van der Waals surface area contributed by atoms with E-state index in [0.29, 0.717) is 24.7 Å². The summed E-state index contributed by atoms with van der Waals surface area (Å²) in [5.41, 5.74) is 3.29. The molecule has 1 fully saturated rings. The van der Waals surface area contributed by atoms with Gasteiger partial charge in [-0.3, -0.25) is 9.69 Å². The number of hydrogen-bond acceptors (Lipinski definition) is 5. The van der Waals surface area contributed by atoms with E-state index in [-0.39, 0.29) is 11.7 Å². The minimum atomic E-state index is -0.225. The monoisotopic (exact) mass is 369 g/mol. The fourth-order valence-corrected chi connectivity index (χ4v) is 3.86. The second kappa shape index (κ2) is 7.60. The average molecular weight is 369 g/mol. The van der Waals surface area contributed by atoms with Gasteiger partial charge in [-0.1, -0.05) is 12.1 Å². The van der Waals surface area contributed by atoms with Gasteiger partial charge in [0.25, 0.3) is 5.91 Å². The number of anilines is 1. The molecule has 6 nitrogen and oxygen atoms in total. The number of amides is 1. The summed E-state index contributed by atoms with van der Waals surface area (Å²) >= 11 is 0. The van der Waals surface area contributed by atoms with Gasteiger partial charge in [0, 0.05) is 51.8 Å². The van der Waals surface area contributed by atoms with Crippen molar-refractivity contribution in [2.45, 2.75) is 32.4 Å². The van der Waals surface area contributed by atoms with Gasteiger partial charge in [-0.05, 0) is 30.5 Å². The SMILES string of the molecule is CNc1nc2c(c(C(=O)N3CCCC3)n1)CN(Cc1cccc(F)c1)CC2. The van der Waals surface area contributed by atoms with Crippen LogP contribution in [-0.2, 0) is 19.5 Å². The predicted molar refractivity (Wildman–Crippen MR) is 101 cm³/mol. The van der Waals surface area contributed by atoms with E-state index in [1.165, 1.54) is 6.07 Å². The van der Waals surface area contributed by atoms with Crippen molar-refractivity contribution < 1.29 is 9.18 Å². The normalized spacial score (nSPS) is 17.0. The van der Waals surface area contributed by atoms with Crippen LogP contribution in [0.25, 0.3) is 0 Å². The first-order valence-electron chi connectivity index (χ1n) is 9.47. The van der Waals surface area contributed by atoms with Crippen LogP contribution in [0.2, 0.25) is 0 Å². The summed E-state index contributed by atoms with van der Waals surface area (Å²) in [5, 5.41) is 2.97. The van der Waals surface area contributed by atoms with Crippen LogP contribution in [-0.4, -0.2) is 52.4 Å². The first-order chi connectivity index (χ1) is 13.1. The second-order valence-corrected chi connectivity index (χ2v) is 7.16. The fraction of sp³-hybridized carbons (Fsp3) is 0.450. The summed E-state index contributed by atoms with van der Waals surface area (Å²) in [6.45, 7) is 3.65. The molecule has 27 heavy (non-hydrogen) atoms. The molecule has 4 rings (SSSR count). The molecule has 1 saturated heterocycles. The van der Waals surface area contributed by atoms with Crippen molar-refractivity contribution in [2.24, 2.45) is 0 Å². The molecule has 142 valence electrons. The first-order valence-corrected chi connectivity index (χ1v) is 9.47. The number of aromatic nitrogens is 2. The van der Waals surface area contributed by atoms with E-state index in [0.717, 1.165) is 55.7 Å². The van der Waals surface area contributed by atoms with Crippen LogP contribution in [0.1, 0.15) is 40.2 Å². The molecule has 2 aliphatic heterocycles. The van der Waals surface area contributed by atoms with Crippen molar-refractivity contribution in [3.05, 3.63) is 52.6 Å². The summed E-state index contributed by atoms with van der Waals surface area (Å²) in [7, 11) is 1.77. The van der Waals surface area contributed by atoms with E-state index < -0.39 is 0 Å². The third-order valence-corrected chi connectivity index (χ3v) is 5.25. The van der Waals surface area contributed by atoms with E-state index in [4.69, 9.17) is 0 Å². The highest BCUT2D eigenvalue weighted by Crippen LogP contribution is 2.25. The van der Waals surface area contributed by atoms with Crippen molar-refractivity contribution >= 4 is 11.9 Å². The molecule has 2 aromatic rings. The van der Waals surface area contributed by atoms with Gasteiger partial charge in [-0.15, -0.1) is 0 Å². The van der Waals surface area contributed by atoms with Crippen molar-refractivity contribution in [3.63, 3.8) is 0 Å². The highest BCUT2D eigenvalue weighted by Gasteiger charge is 2.29. The number of halogens is 1. The van der Waals surface area contributed by atoms with Crippen LogP contribution in [0.4, 0.5) is 10.3 Å². The Kier molecular flexibility index (Phi) is 5.03. The lowest BCUT2D eigenvalue weighted by Crippen LogP contribution is -2.35. The first kappa shape index (κ1) is 17.9. The van der Waals surface area contributed by atoms with Crippen LogP contribution in [0.15, 0.2) is 24.3 Å². The summed E-state index contributed by atoms with van der Waals surface area (Å²) < 4.78 is 13.5. The number of hydrogen-bond donors (Lipinski definition) is 1. The Morgan fingerprint density at radius 2 is 2.04 bits per heavy atom. The Balaban J connectivity index is 1.61. The molecule has 0 unspecified atom stereocenters. The molecule has 0 saturated carbocycles. The van der Waals surface area contributed by atoms with Gasteiger partial charge in [0.1, 0.15) is 11.5 Å². The number of likely N-dealkylation sites (tertiary alicyclic amines) is 1. The van der Waals surface area contributed by atoms with Crippen LogP contribution < -0.4 is 5.32 Å². The maximum absolute atomic E-state index is 13.5. The largest absolute Gasteiger partial charge is 0.357 e. The van der Waals surface area contributed by atoms with E-state index >= 15 is 0 Å². The van der Waals surface area contributed by atoms with Gasteiger partial charge in [-0.25, -0.2) is 14.4 Å². The Morgan fingerprint density at radius 1 is 1.22 bits per heavy atom. The number of nitrogens with one attached hydrogen (secondary N) is 1. The maximum Gasteiger partial charge on any atom is 0.273 e. The summed E-state index contributed by atoms with van der Waals surface area (Å²) in [5.74, 6) is 0.266. The number of nitrogens with zero attached hydrogens (tertiary/aromatic N) is 4. The topological polar surface area (TPSA) is 61.4 Å². The van der Waals surface area contributed by atoms with Crippen LogP contribution >= 0.6 is 0 Å². The average Bonchev–Trinajstić information content (AvgIpc) is 3.21. The van der Waals surface area contributed by atoms with Crippen molar-refractivity contribution in [1.29, 1.82) is 0 Å². The molecule has 0 aliphatic carbocycles. The summed E-state index contributed by atoms with van der Waals surface area (Å²) in [6, 6.07) is 6.67. The molecule has 1 aromatic carbocycles. The zero-order chi connectivity index (χ0) is 18.8. The molecule has 3 heterocycles. The molecule has 0 radical (unpaired) electrons. The maximum atomic E-state index is 13.5. The van der Waals surface area contributed by atoms with Crippen molar-refractivity contribution in [1.82, 2.24) is 19.8 Å². The van der Waals surface area contributed by atoms with Crippen LogP contribution in [0.5, 0.6) is 0 Å². The zero-order valence-corrected chi connectivity index (χ0v) is 15.5. The molecular weight excluding hydrogens is 345 g/mol. The molecule has 1 N–H and O–H groups in total. The number of fused-ring (bicyclic) bond motifs is 1. The van der Waals surface area contributed by atoms with Crippen molar-refractivity contribution in [3.8, 4) is 0 Å². The number of benzene rings is 1. The highest BCUT2D eigenvalue weighted by atomic mass is 19.1. The smallest absolute Gasteiger partial charge is 0.273 e.